The lowest BCUT2D eigenvalue weighted by Gasteiger charge is -2.40. The van der Waals surface area contributed by atoms with Crippen molar-refractivity contribution in [3.8, 4) is 11.5 Å². The number of ether oxygens (including phenoxy) is 3. The van der Waals surface area contributed by atoms with E-state index >= 15 is 0 Å². The number of allylic oxidation sites excluding steroid dienone is 2. The maximum Gasteiger partial charge on any atom is 0.316 e. The van der Waals surface area contributed by atoms with E-state index in [0.717, 1.165) is 11.3 Å². The number of nitrogens with one attached hydrogen (secondary N) is 1. The van der Waals surface area contributed by atoms with Crippen molar-refractivity contribution in [2.45, 2.75) is 51.6 Å². The Bertz CT molecular complexity index is 1280. The molecule has 1 N–H and O–H groups in total. The van der Waals surface area contributed by atoms with Crippen LogP contribution in [0.15, 0.2) is 66.0 Å². The zero-order valence-corrected chi connectivity index (χ0v) is 22.1. The van der Waals surface area contributed by atoms with Crippen LogP contribution >= 0.6 is 11.6 Å². The molecule has 0 aromatic heterocycles. The molecule has 0 saturated carbocycles. The molecule has 0 bridgehead atoms. The van der Waals surface area contributed by atoms with Crippen LogP contribution < -0.4 is 14.8 Å². The van der Waals surface area contributed by atoms with Crippen LogP contribution in [-0.4, -0.2) is 30.9 Å². The van der Waals surface area contributed by atoms with Gasteiger partial charge in [-0.05, 0) is 61.6 Å². The Hall–Kier alpha value is -3.58. The van der Waals surface area contributed by atoms with Crippen molar-refractivity contribution in [3.05, 3.63) is 82.2 Å². The van der Waals surface area contributed by atoms with Crippen molar-refractivity contribution in [3.63, 3.8) is 0 Å². The van der Waals surface area contributed by atoms with Crippen molar-refractivity contribution >= 4 is 29.3 Å². The van der Waals surface area contributed by atoms with Crippen LogP contribution in [-0.2, 0) is 19.1 Å². The molecule has 1 aliphatic carbocycles. The molecule has 3 atom stereocenters. The third-order valence-electron chi connectivity index (χ3n) is 6.59. The molecule has 0 saturated heterocycles. The van der Waals surface area contributed by atoms with Crippen molar-refractivity contribution in [1.82, 2.24) is 5.32 Å². The second kappa shape index (κ2) is 10.8. The van der Waals surface area contributed by atoms with Crippen LogP contribution in [0, 0.1) is 5.92 Å². The van der Waals surface area contributed by atoms with Crippen LogP contribution in [0.1, 0.15) is 56.6 Å². The molecular weight excluding hydrogens is 494 g/mol. The van der Waals surface area contributed by atoms with E-state index in [-0.39, 0.29) is 23.6 Å². The predicted octanol–water partition coefficient (Wildman–Crippen LogP) is 5.44. The van der Waals surface area contributed by atoms with Crippen molar-refractivity contribution < 1.29 is 28.6 Å². The van der Waals surface area contributed by atoms with E-state index in [2.05, 4.69) is 11.9 Å². The number of Topliss-reactive ketones (excluding diaryl/α,β-unsaturated/α-hetero) is 1. The monoisotopic (exact) mass is 523 g/mol. The molecule has 7 nitrogen and oxygen atoms in total. The van der Waals surface area contributed by atoms with Gasteiger partial charge in [0, 0.05) is 41.3 Å². The topological polar surface area (TPSA) is 90.9 Å². The fourth-order valence-corrected chi connectivity index (χ4v) is 5.21. The number of rotatable bonds is 6. The highest BCUT2D eigenvalue weighted by atomic mass is 35.5. The Morgan fingerprint density at radius 3 is 2.35 bits per heavy atom. The fraction of sp³-hybridized carbons (Fsp3) is 0.345. The lowest BCUT2D eigenvalue weighted by atomic mass is 9.69. The summed E-state index contributed by atoms with van der Waals surface area (Å²) in [6.07, 6.45) is 0.528. The first-order chi connectivity index (χ1) is 17.6. The van der Waals surface area contributed by atoms with E-state index < -0.39 is 23.8 Å². The first kappa shape index (κ1) is 26.5. The van der Waals surface area contributed by atoms with Crippen LogP contribution in [0.2, 0.25) is 5.02 Å². The average molecular weight is 524 g/mol. The molecular formula is C29H30ClNO6. The quantitative estimate of drug-likeness (QED) is 0.398. The number of benzene rings is 2. The summed E-state index contributed by atoms with van der Waals surface area (Å²) in [6, 6.07) is 12.5. The number of hydrogen-bond acceptors (Lipinski definition) is 7. The minimum atomic E-state index is -0.832. The molecule has 1 aliphatic heterocycles. The zero-order valence-electron chi connectivity index (χ0n) is 21.3. The summed E-state index contributed by atoms with van der Waals surface area (Å²) in [5, 5.41) is 3.90. The summed E-state index contributed by atoms with van der Waals surface area (Å²) in [6.45, 7) is 9.00. The Labute approximate surface area is 221 Å². The van der Waals surface area contributed by atoms with Crippen LogP contribution in [0.4, 0.5) is 0 Å². The second-order valence-electron chi connectivity index (χ2n) is 9.57. The molecule has 2 aromatic carbocycles. The minimum absolute atomic E-state index is 0.0375. The van der Waals surface area contributed by atoms with Gasteiger partial charge in [0.2, 0.25) is 0 Å². The molecule has 37 heavy (non-hydrogen) atoms. The number of carbonyl (C=O) groups is 3. The molecule has 194 valence electrons. The summed E-state index contributed by atoms with van der Waals surface area (Å²) >= 11 is 6.06. The summed E-state index contributed by atoms with van der Waals surface area (Å²) in [5.41, 5.74) is 3.41. The highest BCUT2D eigenvalue weighted by Gasteiger charge is 2.46. The fourth-order valence-electron chi connectivity index (χ4n) is 5.08. The number of ketones is 1. The van der Waals surface area contributed by atoms with E-state index in [1.54, 1.807) is 32.0 Å². The third-order valence-corrected chi connectivity index (χ3v) is 6.84. The van der Waals surface area contributed by atoms with E-state index in [1.807, 2.05) is 24.3 Å². The van der Waals surface area contributed by atoms with Crippen LogP contribution in [0.3, 0.4) is 0 Å². The van der Waals surface area contributed by atoms with Gasteiger partial charge in [0.15, 0.2) is 17.3 Å². The van der Waals surface area contributed by atoms with Gasteiger partial charge in [0.05, 0.1) is 13.2 Å². The van der Waals surface area contributed by atoms with Crippen molar-refractivity contribution in [2.75, 3.05) is 7.11 Å². The molecule has 2 aliphatic rings. The first-order valence-corrected chi connectivity index (χ1v) is 12.5. The molecule has 8 heteroatoms. The average Bonchev–Trinajstić information content (AvgIpc) is 2.83. The van der Waals surface area contributed by atoms with Gasteiger partial charge < -0.3 is 19.5 Å². The normalized spacial score (nSPS) is 21.3. The number of hydrogen-bond donors (Lipinski definition) is 1. The summed E-state index contributed by atoms with van der Waals surface area (Å²) < 4.78 is 16.3. The van der Waals surface area contributed by atoms with Crippen molar-refractivity contribution in [1.29, 1.82) is 0 Å². The van der Waals surface area contributed by atoms with Gasteiger partial charge in [0.1, 0.15) is 5.92 Å². The number of esters is 2. The zero-order chi connectivity index (χ0) is 26.9. The Balaban J connectivity index is 1.81. The molecule has 4 rings (SSSR count). The lowest BCUT2D eigenvalue weighted by molar-refractivity contribution is -0.151. The second-order valence-corrected chi connectivity index (χ2v) is 10.0. The Morgan fingerprint density at radius 2 is 1.73 bits per heavy atom. The van der Waals surface area contributed by atoms with Gasteiger partial charge >= 0.3 is 11.9 Å². The molecule has 2 aromatic rings. The minimum Gasteiger partial charge on any atom is -0.493 e. The van der Waals surface area contributed by atoms with Crippen molar-refractivity contribution in [2.24, 2.45) is 5.92 Å². The smallest absolute Gasteiger partial charge is 0.316 e. The molecule has 0 fully saturated rings. The van der Waals surface area contributed by atoms with E-state index in [9.17, 15) is 14.4 Å². The summed E-state index contributed by atoms with van der Waals surface area (Å²) in [7, 11) is 1.46. The number of carbonyl (C=O) groups excluding carboxylic acids is 3. The highest BCUT2D eigenvalue weighted by Crippen LogP contribution is 2.48. The largest absolute Gasteiger partial charge is 0.493 e. The highest BCUT2D eigenvalue weighted by molar-refractivity contribution is 6.30. The van der Waals surface area contributed by atoms with E-state index in [4.69, 9.17) is 25.8 Å². The van der Waals surface area contributed by atoms with E-state index in [1.165, 1.54) is 14.0 Å². The van der Waals surface area contributed by atoms with Gasteiger partial charge in [-0.2, -0.15) is 0 Å². The maximum absolute atomic E-state index is 13.7. The van der Waals surface area contributed by atoms with Gasteiger partial charge in [-0.1, -0.05) is 36.4 Å². The molecule has 0 radical (unpaired) electrons. The molecule has 3 unspecified atom stereocenters. The molecule has 0 spiro atoms. The van der Waals surface area contributed by atoms with Crippen LogP contribution in [0.5, 0.6) is 11.5 Å². The summed E-state index contributed by atoms with van der Waals surface area (Å²) in [5.74, 6) is -1.96. The standard InChI is InChI=1S/C29H30ClNO6/c1-15(2)36-29(34)26-16(3)31-22-12-20(18-6-9-21(30)10-7-18)13-23(33)28(22)27(26)19-8-11-24(37-17(4)32)25(14-19)35-5/h6-11,14-15,20,26-27,31H,3,12-13H2,1-2,4-5H3. The third kappa shape index (κ3) is 5.57. The van der Waals surface area contributed by atoms with Gasteiger partial charge in [-0.25, -0.2) is 0 Å². The maximum atomic E-state index is 13.7. The predicted molar refractivity (Wildman–Crippen MR) is 139 cm³/mol. The van der Waals surface area contributed by atoms with E-state index in [0.29, 0.717) is 40.4 Å². The number of methoxy groups -OCH3 is 1. The Kier molecular flexibility index (Phi) is 7.73. The summed E-state index contributed by atoms with van der Waals surface area (Å²) in [4.78, 5) is 38.6. The Morgan fingerprint density at radius 1 is 1.05 bits per heavy atom. The molecule has 1 heterocycles. The molecule has 0 amide bonds. The number of halogens is 1. The lowest BCUT2D eigenvalue weighted by Crippen LogP contribution is -2.42. The van der Waals surface area contributed by atoms with Crippen LogP contribution in [0.25, 0.3) is 0 Å². The van der Waals surface area contributed by atoms with Gasteiger partial charge in [-0.15, -0.1) is 0 Å². The van der Waals surface area contributed by atoms with Gasteiger partial charge in [-0.3, -0.25) is 14.4 Å². The SMILES string of the molecule is C=C1NC2=C(C(=O)CC(c3ccc(Cl)cc3)C2)C(c2ccc(OC(C)=O)c(OC)c2)C1C(=O)OC(C)C. The van der Waals surface area contributed by atoms with Gasteiger partial charge in [0.25, 0.3) is 0 Å². The first-order valence-electron chi connectivity index (χ1n) is 12.1.